The zero-order valence-electron chi connectivity index (χ0n) is 11.0. The number of carbonyl (C=O) groups is 1. The van der Waals surface area contributed by atoms with Crippen LogP contribution < -0.4 is 5.32 Å². The van der Waals surface area contributed by atoms with Gasteiger partial charge in [-0.15, -0.1) is 0 Å². The second-order valence-corrected chi connectivity index (χ2v) is 5.84. The maximum absolute atomic E-state index is 11.1. The Labute approximate surface area is 112 Å². The molecule has 1 heterocycles. The summed E-state index contributed by atoms with van der Waals surface area (Å²) in [4.78, 5) is 11.1. The van der Waals surface area contributed by atoms with Crippen molar-refractivity contribution < 1.29 is 24.5 Å². The summed E-state index contributed by atoms with van der Waals surface area (Å²) in [5.74, 6) is -0.910. The molecule has 3 aliphatic rings. The highest BCUT2D eigenvalue weighted by molar-refractivity contribution is 5.73. The van der Waals surface area contributed by atoms with Crippen molar-refractivity contribution in [2.24, 2.45) is 0 Å². The van der Waals surface area contributed by atoms with Gasteiger partial charge < -0.3 is 25.0 Å². The van der Waals surface area contributed by atoms with Crippen molar-refractivity contribution in [1.82, 2.24) is 5.32 Å². The van der Waals surface area contributed by atoms with Crippen LogP contribution in [0.2, 0.25) is 0 Å². The Kier molecular flexibility index (Phi) is 3.29. The first-order chi connectivity index (χ1) is 9.02. The first-order valence-electron chi connectivity index (χ1n) is 7.01. The van der Waals surface area contributed by atoms with Crippen LogP contribution in [0.4, 0.5) is 0 Å². The molecule has 0 bridgehead atoms. The van der Waals surface area contributed by atoms with Crippen molar-refractivity contribution in [3.8, 4) is 0 Å². The van der Waals surface area contributed by atoms with Gasteiger partial charge in [-0.05, 0) is 12.8 Å². The molecule has 0 aromatic heterocycles. The van der Waals surface area contributed by atoms with E-state index in [0.717, 1.165) is 25.7 Å². The zero-order valence-corrected chi connectivity index (χ0v) is 11.0. The number of aliphatic hydroxyl groups excluding tert-OH is 2. The molecule has 1 unspecified atom stereocenters. The van der Waals surface area contributed by atoms with Gasteiger partial charge in [0.15, 0.2) is 5.79 Å². The Morgan fingerprint density at radius 2 is 1.63 bits per heavy atom. The lowest BCUT2D eigenvalue weighted by Gasteiger charge is -2.34. The number of ether oxygens (including phenoxy) is 2. The van der Waals surface area contributed by atoms with E-state index in [-0.39, 0.29) is 5.91 Å². The van der Waals surface area contributed by atoms with Crippen LogP contribution in [0.5, 0.6) is 0 Å². The lowest BCUT2D eigenvalue weighted by atomic mass is 9.94. The highest BCUT2D eigenvalue weighted by atomic mass is 16.8. The second kappa shape index (κ2) is 4.70. The van der Waals surface area contributed by atoms with E-state index in [4.69, 9.17) is 9.47 Å². The molecule has 0 aromatic rings. The molecule has 3 N–H and O–H groups in total. The van der Waals surface area contributed by atoms with Gasteiger partial charge in [-0.3, -0.25) is 4.79 Å². The zero-order chi connectivity index (χ0) is 13.6. The monoisotopic (exact) mass is 271 g/mol. The molecule has 5 atom stereocenters. The second-order valence-electron chi connectivity index (χ2n) is 5.84. The summed E-state index contributed by atoms with van der Waals surface area (Å²) in [5.41, 5.74) is 0. The molecule has 0 aromatic carbocycles. The van der Waals surface area contributed by atoms with Crippen molar-refractivity contribution >= 4 is 5.91 Å². The van der Waals surface area contributed by atoms with Gasteiger partial charge in [-0.25, -0.2) is 0 Å². The Balaban J connectivity index is 1.73. The number of amides is 1. The Morgan fingerprint density at radius 3 is 2.11 bits per heavy atom. The fourth-order valence-electron chi connectivity index (χ4n) is 3.53. The quantitative estimate of drug-likeness (QED) is 0.608. The third kappa shape index (κ3) is 2.16. The molecule has 1 amide bonds. The summed E-state index contributed by atoms with van der Waals surface area (Å²) < 4.78 is 11.8. The summed E-state index contributed by atoms with van der Waals surface area (Å²) in [7, 11) is 0. The Hall–Kier alpha value is -0.690. The van der Waals surface area contributed by atoms with Crippen LogP contribution in [0.25, 0.3) is 0 Å². The number of nitrogens with one attached hydrogen (secondary N) is 1. The lowest BCUT2D eigenvalue weighted by molar-refractivity contribution is -0.215. The van der Waals surface area contributed by atoms with Crippen molar-refractivity contribution in [1.29, 1.82) is 0 Å². The van der Waals surface area contributed by atoms with Gasteiger partial charge in [-0.1, -0.05) is 6.42 Å². The van der Waals surface area contributed by atoms with E-state index in [9.17, 15) is 15.0 Å². The molecule has 0 radical (unpaired) electrons. The van der Waals surface area contributed by atoms with E-state index in [2.05, 4.69) is 5.32 Å². The van der Waals surface area contributed by atoms with Crippen LogP contribution in [0.1, 0.15) is 39.0 Å². The number of hydrogen-bond donors (Lipinski definition) is 3. The minimum absolute atomic E-state index is 0.282. The molecule has 3 rings (SSSR count). The molecule has 2 saturated carbocycles. The largest absolute Gasteiger partial charge is 0.388 e. The van der Waals surface area contributed by atoms with Gasteiger partial charge in [0, 0.05) is 19.8 Å². The summed E-state index contributed by atoms with van der Waals surface area (Å²) in [6, 6.07) is -0.714. The molecule has 19 heavy (non-hydrogen) atoms. The highest BCUT2D eigenvalue weighted by Crippen LogP contribution is 2.45. The van der Waals surface area contributed by atoms with Gasteiger partial charge in [0.1, 0.15) is 24.4 Å². The normalized spacial score (nSPS) is 44.3. The fourth-order valence-corrected chi connectivity index (χ4v) is 3.53. The van der Waals surface area contributed by atoms with Gasteiger partial charge in [0.25, 0.3) is 0 Å². The van der Waals surface area contributed by atoms with Crippen LogP contribution in [0, 0.1) is 0 Å². The Bertz CT molecular complexity index is 348. The topological polar surface area (TPSA) is 88.0 Å². The number of carbonyl (C=O) groups excluding carboxylic acids is 1. The van der Waals surface area contributed by atoms with Crippen molar-refractivity contribution in [3.05, 3.63) is 0 Å². The third-order valence-electron chi connectivity index (χ3n) is 4.42. The molecular formula is C13H21NO5. The maximum atomic E-state index is 11.1. The molecule has 6 heteroatoms. The van der Waals surface area contributed by atoms with Gasteiger partial charge >= 0.3 is 0 Å². The van der Waals surface area contributed by atoms with Gasteiger partial charge in [-0.2, -0.15) is 0 Å². The minimum Gasteiger partial charge on any atom is -0.388 e. The van der Waals surface area contributed by atoms with E-state index >= 15 is 0 Å². The smallest absolute Gasteiger partial charge is 0.217 e. The predicted octanol–water partition coefficient (Wildman–Crippen LogP) is -0.329. The standard InChI is InChI=1S/C13H21NO5/c1-7(15)14-8-9(16)11-12(10(8)17)19-13(18-11)5-3-2-4-6-13/h8-12,16-17H,2-6H2,1H3,(H,14,15)/t8?,9-,10+,11-,12+. The van der Waals surface area contributed by atoms with Crippen LogP contribution in [0.3, 0.4) is 0 Å². The average molecular weight is 271 g/mol. The summed E-state index contributed by atoms with van der Waals surface area (Å²) in [6.07, 6.45) is 1.92. The number of rotatable bonds is 1. The SMILES string of the molecule is CC(=O)NC1[C@@H](O)[C@H]2OC3(CCCCC3)O[C@H]2[C@H]1O. The van der Waals surface area contributed by atoms with Gasteiger partial charge in [0.05, 0.1) is 6.04 Å². The predicted molar refractivity (Wildman–Crippen MR) is 65.2 cm³/mol. The van der Waals surface area contributed by atoms with E-state index in [1.54, 1.807) is 0 Å². The first kappa shape index (κ1) is 13.3. The first-order valence-corrected chi connectivity index (χ1v) is 7.01. The van der Waals surface area contributed by atoms with Crippen LogP contribution in [-0.4, -0.2) is 52.4 Å². The molecule has 1 saturated heterocycles. The molecule has 3 fully saturated rings. The summed E-state index contributed by atoms with van der Waals surface area (Å²) in [6.45, 7) is 1.36. The highest BCUT2D eigenvalue weighted by Gasteiger charge is 2.60. The van der Waals surface area contributed by atoms with E-state index in [1.807, 2.05) is 0 Å². The van der Waals surface area contributed by atoms with E-state index in [1.165, 1.54) is 13.3 Å². The molecule has 1 spiro atoms. The van der Waals surface area contributed by atoms with E-state index in [0.29, 0.717) is 0 Å². The molecule has 1 aliphatic heterocycles. The summed E-state index contributed by atoms with van der Waals surface area (Å²) >= 11 is 0. The van der Waals surface area contributed by atoms with Crippen LogP contribution in [-0.2, 0) is 14.3 Å². The summed E-state index contributed by atoms with van der Waals surface area (Å²) in [5, 5.41) is 23.0. The van der Waals surface area contributed by atoms with Crippen molar-refractivity contribution in [3.63, 3.8) is 0 Å². The van der Waals surface area contributed by atoms with Crippen molar-refractivity contribution in [2.45, 2.75) is 75.3 Å². The number of aliphatic hydroxyl groups is 2. The fraction of sp³-hybridized carbons (Fsp3) is 0.923. The lowest BCUT2D eigenvalue weighted by Crippen LogP contribution is -2.50. The average Bonchev–Trinajstić information content (AvgIpc) is 2.82. The van der Waals surface area contributed by atoms with Crippen molar-refractivity contribution in [2.75, 3.05) is 0 Å². The van der Waals surface area contributed by atoms with Crippen LogP contribution >= 0.6 is 0 Å². The number of fused-ring (bicyclic) bond motifs is 1. The third-order valence-corrected chi connectivity index (χ3v) is 4.42. The molecule has 6 nitrogen and oxygen atoms in total. The molecule has 108 valence electrons. The van der Waals surface area contributed by atoms with Crippen LogP contribution in [0.15, 0.2) is 0 Å². The minimum atomic E-state index is -0.926. The van der Waals surface area contributed by atoms with Gasteiger partial charge in [0.2, 0.25) is 5.91 Å². The number of hydrogen-bond acceptors (Lipinski definition) is 5. The molecule has 2 aliphatic carbocycles. The maximum Gasteiger partial charge on any atom is 0.217 e. The van der Waals surface area contributed by atoms with E-state index < -0.39 is 36.2 Å². The Morgan fingerprint density at radius 1 is 1.11 bits per heavy atom. The molecular weight excluding hydrogens is 250 g/mol.